The zero-order valence-corrected chi connectivity index (χ0v) is 16.4. The van der Waals surface area contributed by atoms with E-state index in [0.29, 0.717) is 12.0 Å². The number of benzene rings is 2. The fraction of sp³-hybridized carbons (Fsp3) is 0.300. The predicted molar refractivity (Wildman–Crippen MR) is 102 cm³/mol. The van der Waals surface area contributed by atoms with E-state index in [9.17, 15) is 18.0 Å². The fourth-order valence-corrected chi connectivity index (χ4v) is 3.26. The summed E-state index contributed by atoms with van der Waals surface area (Å²) in [5, 5.41) is 0. The van der Waals surface area contributed by atoms with Crippen LogP contribution in [0.5, 0.6) is 0 Å². The van der Waals surface area contributed by atoms with Crippen molar-refractivity contribution in [2.45, 2.75) is 31.6 Å². The molecule has 0 saturated heterocycles. The molecule has 0 aliphatic carbocycles. The number of aryl methyl sites for hydroxylation is 3. The molecule has 0 radical (unpaired) electrons. The Morgan fingerprint density at radius 3 is 2.33 bits per heavy atom. The molecule has 144 valence electrons. The first-order valence-electron chi connectivity index (χ1n) is 8.51. The molecule has 2 aromatic rings. The molecule has 0 spiro atoms. The SMILES string of the molecule is CNS(=O)(=O)c1ccc(CCC(=O)OCC(=O)c2cc(C)ccc2C)cc1. The number of hydrogen-bond donors (Lipinski definition) is 1. The summed E-state index contributed by atoms with van der Waals surface area (Å²) >= 11 is 0. The van der Waals surface area contributed by atoms with Crippen molar-refractivity contribution in [1.29, 1.82) is 0 Å². The number of carbonyl (C=O) groups is 2. The Bertz CT molecular complexity index is 933. The van der Waals surface area contributed by atoms with Gasteiger partial charge in [-0.1, -0.05) is 29.8 Å². The molecule has 0 atom stereocenters. The number of sulfonamides is 1. The molecular weight excluding hydrogens is 366 g/mol. The minimum Gasteiger partial charge on any atom is -0.457 e. The smallest absolute Gasteiger partial charge is 0.306 e. The van der Waals surface area contributed by atoms with E-state index in [2.05, 4.69) is 4.72 Å². The number of ketones is 1. The lowest BCUT2D eigenvalue weighted by Crippen LogP contribution is -2.18. The first-order chi connectivity index (χ1) is 12.7. The molecule has 6 nitrogen and oxygen atoms in total. The quantitative estimate of drug-likeness (QED) is 0.554. The molecule has 7 heteroatoms. The van der Waals surface area contributed by atoms with Crippen LogP contribution in [0.25, 0.3) is 0 Å². The van der Waals surface area contributed by atoms with Crippen molar-refractivity contribution in [2.75, 3.05) is 13.7 Å². The third-order valence-corrected chi connectivity index (χ3v) is 5.61. The largest absolute Gasteiger partial charge is 0.457 e. The molecule has 2 aromatic carbocycles. The molecule has 0 unspecified atom stereocenters. The van der Waals surface area contributed by atoms with E-state index in [1.807, 2.05) is 26.0 Å². The van der Waals surface area contributed by atoms with Gasteiger partial charge in [0.05, 0.1) is 4.90 Å². The van der Waals surface area contributed by atoms with Crippen LogP contribution in [-0.2, 0) is 26.0 Å². The van der Waals surface area contributed by atoms with E-state index in [-0.39, 0.29) is 23.7 Å². The molecule has 0 aromatic heterocycles. The maximum atomic E-state index is 12.2. The first-order valence-corrected chi connectivity index (χ1v) is 10.00. The Morgan fingerprint density at radius 1 is 1.04 bits per heavy atom. The van der Waals surface area contributed by atoms with Crippen LogP contribution in [-0.4, -0.2) is 33.8 Å². The Kier molecular flexibility index (Phi) is 6.87. The van der Waals surface area contributed by atoms with Gasteiger partial charge in [-0.3, -0.25) is 9.59 Å². The molecule has 0 fully saturated rings. The first kappa shape index (κ1) is 20.8. The zero-order chi connectivity index (χ0) is 20.0. The highest BCUT2D eigenvalue weighted by molar-refractivity contribution is 7.89. The van der Waals surface area contributed by atoms with Gasteiger partial charge in [0.2, 0.25) is 15.8 Å². The lowest BCUT2D eigenvalue weighted by molar-refractivity contribution is -0.142. The Hall–Kier alpha value is -2.51. The molecule has 0 aliphatic rings. The molecule has 0 amide bonds. The molecule has 0 aliphatic heterocycles. The molecule has 1 N–H and O–H groups in total. The lowest BCUT2D eigenvalue weighted by Gasteiger charge is -2.08. The number of esters is 1. The normalized spacial score (nSPS) is 11.2. The molecule has 0 bridgehead atoms. The van der Waals surface area contributed by atoms with Gasteiger partial charge in [-0.05, 0) is 56.6 Å². The van der Waals surface area contributed by atoms with Crippen molar-refractivity contribution in [1.82, 2.24) is 4.72 Å². The lowest BCUT2D eigenvalue weighted by atomic mass is 10.0. The van der Waals surface area contributed by atoms with E-state index in [0.717, 1.165) is 16.7 Å². The van der Waals surface area contributed by atoms with Crippen molar-refractivity contribution in [3.05, 3.63) is 64.7 Å². The Morgan fingerprint density at radius 2 is 1.70 bits per heavy atom. The fourth-order valence-electron chi connectivity index (χ4n) is 2.53. The summed E-state index contributed by atoms with van der Waals surface area (Å²) in [4.78, 5) is 24.3. The molecule has 0 heterocycles. The summed E-state index contributed by atoms with van der Waals surface area (Å²) in [6.45, 7) is 3.45. The van der Waals surface area contributed by atoms with Gasteiger partial charge in [-0.25, -0.2) is 13.1 Å². The third-order valence-electron chi connectivity index (χ3n) is 4.18. The van der Waals surface area contributed by atoms with Crippen LogP contribution in [0.1, 0.15) is 33.5 Å². The van der Waals surface area contributed by atoms with Gasteiger partial charge >= 0.3 is 5.97 Å². The van der Waals surface area contributed by atoms with E-state index in [1.54, 1.807) is 18.2 Å². The second-order valence-corrected chi connectivity index (χ2v) is 8.14. The second kappa shape index (κ2) is 8.92. The highest BCUT2D eigenvalue weighted by atomic mass is 32.2. The summed E-state index contributed by atoms with van der Waals surface area (Å²) in [5.74, 6) is -0.702. The highest BCUT2D eigenvalue weighted by Gasteiger charge is 2.13. The molecule has 2 rings (SSSR count). The Labute approximate surface area is 159 Å². The van der Waals surface area contributed by atoms with Gasteiger partial charge in [-0.15, -0.1) is 0 Å². The summed E-state index contributed by atoms with van der Waals surface area (Å²) in [6.07, 6.45) is 0.509. The van der Waals surface area contributed by atoms with Crippen LogP contribution in [0, 0.1) is 13.8 Å². The van der Waals surface area contributed by atoms with Crippen LogP contribution < -0.4 is 4.72 Å². The maximum Gasteiger partial charge on any atom is 0.306 e. The predicted octanol–water partition coefficient (Wildman–Crippen LogP) is 2.57. The van der Waals surface area contributed by atoms with Gasteiger partial charge in [0, 0.05) is 12.0 Å². The number of carbonyl (C=O) groups excluding carboxylic acids is 2. The van der Waals surface area contributed by atoms with Gasteiger partial charge in [0.1, 0.15) is 0 Å². The summed E-state index contributed by atoms with van der Waals surface area (Å²) in [6, 6.07) is 11.8. The van der Waals surface area contributed by atoms with Crippen LogP contribution in [0.3, 0.4) is 0 Å². The topological polar surface area (TPSA) is 89.5 Å². The van der Waals surface area contributed by atoms with Crippen LogP contribution in [0.15, 0.2) is 47.4 Å². The number of nitrogens with one attached hydrogen (secondary N) is 1. The molecule has 27 heavy (non-hydrogen) atoms. The van der Waals surface area contributed by atoms with Crippen molar-refractivity contribution in [2.24, 2.45) is 0 Å². The van der Waals surface area contributed by atoms with E-state index in [1.165, 1.54) is 19.2 Å². The van der Waals surface area contributed by atoms with Crippen LogP contribution >= 0.6 is 0 Å². The van der Waals surface area contributed by atoms with Gasteiger partial charge in [0.25, 0.3) is 0 Å². The van der Waals surface area contributed by atoms with Gasteiger partial charge < -0.3 is 4.74 Å². The summed E-state index contributed by atoms with van der Waals surface area (Å²) < 4.78 is 30.7. The Balaban J connectivity index is 1.86. The highest BCUT2D eigenvalue weighted by Crippen LogP contribution is 2.13. The average Bonchev–Trinajstić information content (AvgIpc) is 2.66. The van der Waals surface area contributed by atoms with E-state index < -0.39 is 16.0 Å². The summed E-state index contributed by atoms with van der Waals surface area (Å²) in [7, 11) is -2.13. The third kappa shape index (κ3) is 5.74. The van der Waals surface area contributed by atoms with E-state index >= 15 is 0 Å². The standard InChI is InChI=1S/C20H23NO5S/c1-14-4-5-15(2)18(12-14)19(22)13-26-20(23)11-8-16-6-9-17(10-7-16)27(24,25)21-3/h4-7,9-10,12,21H,8,11,13H2,1-3H3. The van der Waals surface area contributed by atoms with Crippen molar-refractivity contribution in [3.63, 3.8) is 0 Å². The van der Waals surface area contributed by atoms with Crippen LogP contribution in [0.4, 0.5) is 0 Å². The minimum atomic E-state index is -3.48. The van der Waals surface area contributed by atoms with Gasteiger partial charge in [0.15, 0.2) is 6.61 Å². The number of ether oxygens (including phenoxy) is 1. The van der Waals surface area contributed by atoms with Crippen molar-refractivity contribution < 1.29 is 22.7 Å². The van der Waals surface area contributed by atoms with Crippen molar-refractivity contribution in [3.8, 4) is 0 Å². The summed E-state index contributed by atoms with van der Waals surface area (Å²) in [5.41, 5.74) is 3.18. The monoisotopic (exact) mass is 389 g/mol. The van der Waals surface area contributed by atoms with Gasteiger partial charge in [-0.2, -0.15) is 0 Å². The van der Waals surface area contributed by atoms with Crippen molar-refractivity contribution >= 4 is 21.8 Å². The number of Topliss-reactive ketones (excluding diaryl/α,β-unsaturated/α-hetero) is 1. The number of hydrogen-bond acceptors (Lipinski definition) is 5. The average molecular weight is 389 g/mol. The minimum absolute atomic E-state index is 0.109. The maximum absolute atomic E-state index is 12.2. The van der Waals surface area contributed by atoms with Crippen LogP contribution in [0.2, 0.25) is 0 Å². The van der Waals surface area contributed by atoms with E-state index in [4.69, 9.17) is 4.74 Å². The molecular formula is C20H23NO5S. The zero-order valence-electron chi connectivity index (χ0n) is 15.6. The second-order valence-electron chi connectivity index (χ2n) is 6.25. The molecule has 0 saturated carbocycles. The number of rotatable bonds is 8.